The third-order valence-corrected chi connectivity index (χ3v) is 5.02. The zero-order valence-electron chi connectivity index (χ0n) is 12.3. The molecule has 1 saturated heterocycles. The fourth-order valence-corrected chi connectivity index (χ4v) is 3.49. The van der Waals surface area contributed by atoms with Crippen LogP contribution in [-0.4, -0.2) is 46.3 Å². The summed E-state index contributed by atoms with van der Waals surface area (Å²) in [7, 11) is 0. The predicted molar refractivity (Wildman–Crippen MR) is 90.0 cm³/mol. The molecule has 1 aromatic carbocycles. The molecule has 1 aromatic heterocycles. The van der Waals surface area contributed by atoms with Crippen LogP contribution in [0.15, 0.2) is 35.7 Å². The molecule has 0 unspecified atom stereocenters. The van der Waals surface area contributed by atoms with Gasteiger partial charge >= 0.3 is 0 Å². The molecule has 122 valence electrons. The average Bonchev–Trinajstić information content (AvgIpc) is 3.01. The number of aliphatic hydroxyl groups is 1. The van der Waals surface area contributed by atoms with Crippen molar-refractivity contribution in [1.82, 2.24) is 10.2 Å². The zero-order chi connectivity index (χ0) is 16.4. The minimum Gasteiger partial charge on any atom is -0.508 e. The average molecular weight is 353 g/mol. The Bertz CT molecular complexity index is 699. The highest BCUT2D eigenvalue weighted by Crippen LogP contribution is 2.27. The first-order valence-electron chi connectivity index (χ1n) is 7.19. The molecule has 1 amide bonds. The molecule has 0 bridgehead atoms. The molecule has 1 fully saturated rings. The molecule has 0 saturated carbocycles. The van der Waals surface area contributed by atoms with E-state index >= 15 is 0 Å². The second kappa shape index (κ2) is 6.49. The van der Waals surface area contributed by atoms with Gasteiger partial charge in [-0.05, 0) is 35.2 Å². The van der Waals surface area contributed by atoms with E-state index in [-0.39, 0.29) is 18.2 Å². The van der Waals surface area contributed by atoms with Crippen molar-refractivity contribution < 1.29 is 15.0 Å². The molecule has 0 radical (unpaired) electrons. The first-order valence-corrected chi connectivity index (χ1v) is 8.45. The molecule has 3 rings (SSSR count). The first kappa shape index (κ1) is 16.3. The maximum atomic E-state index is 11.9. The number of amides is 1. The van der Waals surface area contributed by atoms with Gasteiger partial charge in [0.2, 0.25) is 0 Å². The van der Waals surface area contributed by atoms with Crippen LogP contribution in [0.5, 0.6) is 5.75 Å². The van der Waals surface area contributed by atoms with E-state index in [2.05, 4.69) is 5.32 Å². The van der Waals surface area contributed by atoms with Crippen LogP contribution in [-0.2, 0) is 6.54 Å². The second-order valence-corrected chi connectivity index (χ2v) is 7.16. The van der Waals surface area contributed by atoms with E-state index in [1.54, 1.807) is 24.3 Å². The lowest BCUT2D eigenvalue weighted by Crippen LogP contribution is -2.65. The molecular formula is C16H17ClN2O3S. The number of aromatic hydroxyl groups is 1. The number of carbonyl (C=O) groups excluding carboxylic acids is 1. The van der Waals surface area contributed by atoms with E-state index in [0.29, 0.717) is 29.5 Å². The highest BCUT2D eigenvalue weighted by atomic mass is 35.5. The third kappa shape index (κ3) is 3.84. The van der Waals surface area contributed by atoms with Crippen LogP contribution in [0.4, 0.5) is 0 Å². The number of hydrogen-bond acceptors (Lipinski definition) is 5. The maximum Gasteiger partial charge on any atom is 0.261 e. The highest BCUT2D eigenvalue weighted by molar-refractivity contribution is 7.12. The quantitative estimate of drug-likeness (QED) is 0.770. The number of carbonyl (C=O) groups is 1. The van der Waals surface area contributed by atoms with E-state index in [9.17, 15) is 15.0 Å². The summed E-state index contributed by atoms with van der Waals surface area (Å²) >= 11 is 7.47. The number of rotatable bonds is 5. The van der Waals surface area contributed by atoms with Gasteiger partial charge in [-0.25, -0.2) is 0 Å². The lowest BCUT2D eigenvalue weighted by Gasteiger charge is -2.46. The van der Waals surface area contributed by atoms with Crippen LogP contribution in [0.2, 0.25) is 5.02 Å². The first-order chi connectivity index (χ1) is 11.0. The summed E-state index contributed by atoms with van der Waals surface area (Å²) in [5.41, 5.74) is -0.104. The molecule has 2 heterocycles. The van der Waals surface area contributed by atoms with Gasteiger partial charge in [-0.2, -0.15) is 0 Å². The fourth-order valence-electron chi connectivity index (χ4n) is 2.67. The summed E-state index contributed by atoms with van der Waals surface area (Å²) in [4.78, 5) is 14.5. The Morgan fingerprint density at radius 2 is 2.17 bits per heavy atom. The summed E-state index contributed by atoms with van der Waals surface area (Å²) in [5.74, 6) is 0.00583. The van der Waals surface area contributed by atoms with E-state index < -0.39 is 5.60 Å². The molecule has 1 aliphatic heterocycles. The molecular weight excluding hydrogens is 336 g/mol. The smallest absolute Gasteiger partial charge is 0.261 e. The van der Waals surface area contributed by atoms with Gasteiger partial charge in [0.25, 0.3) is 5.91 Å². The number of halogens is 1. The van der Waals surface area contributed by atoms with Crippen molar-refractivity contribution in [3.63, 3.8) is 0 Å². The number of β-amino-alcohol motifs (C(OH)–C–C–N with tert-alkyl or cyclic N) is 1. The van der Waals surface area contributed by atoms with Crippen LogP contribution >= 0.6 is 22.9 Å². The molecule has 2 aromatic rings. The third-order valence-electron chi connectivity index (χ3n) is 3.78. The van der Waals surface area contributed by atoms with Gasteiger partial charge in [-0.1, -0.05) is 17.7 Å². The van der Waals surface area contributed by atoms with Crippen LogP contribution in [0.3, 0.4) is 0 Å². The molecule has 23 heavy (non-hydrogen) atoms. The minimum absolute atomic E-state index is 0.164. The number of benzene rings is 1. The number of thiophene rings is 1. The lowest BCUT2D eigenvalue weighted by atomic mass is 9.93. The van der Waals surface area contributed by atoms with Crippen molar-refractivity contribution in [2.45, 2.75) is 12.1 Å². The minimum atomic E-state index is -0.920. The Kier molecular flexibility index (Phi) is 4.59. The summed E-state index contributed by atoms with van der Waals surface area (Å²) in [5, 5.41) is 25.1. The monoisotopic (exact) mass is 352 g/mol. The van der Waals surface area contributed by atoms with Crippen molar-refractivity contribution >= 4 is 28.8 Å². The summed E-state index contributed by atoms with van der Waals surface area (Å²) in [6, 6.07) is 8.38. The van der Waals surface area contributed by atoms with Crippen LogP contribution in [0.1, 0.15) is 15.2 Å². The lowest BCUT2D eigenvalue weighted by molar-refractivity contribution is -0.0974. The second-order valence-electron chi connectivity index (χ2n) is 5.81. The number of phenolic OH excluding ortho intramolecular Hbond substituents is 1. The highest BCUT2D eigenvalue weighted by Gasteiger charge is 2.41. The maximum absolute atomic E-state index is 11.9. The topological polar surface area (TPSA) is 72.8 Å². The van der Waals surface area contributed by atoms with Gasteiger partial charge in [0.05, 0.1) is 4.88 Å². The van der Waals surface area contributed by atoms with Gasteiger partial charge in [0.1, 0.15) is 11.4 Å². The number of hydrogen-bond donors (Lipinski definition) is 3. The molecule has 0 spiro atoms. The summed E-state index contributed by atoms with van der Waals surface area (Å²) in [6.07, 6.45) is 0. The van der Waals surface area contributed by atoms with Gasteiger partial charge in [0, 0.05) is 31.2 Å². The predicted octanol–water partition coefficient (Wildman–Crippen LogP) is 2.08. The summed E-state index contributed by atoms with van der Waals surface area (Å²) in [6.45, 7) is 1.66. The molecule has 1 aliphatic rings. The molecule has 3 N–H and O–H groups in total. The zero-order valence-corrected chi connectivity index (χ0v) is 13.9. The Balaban J connectivity index is 1.49. The van der Waals surface area contributed by atoms with E-state index in [1.807, 2.05) is 16.3 Å². The molecule has 0 atom stereocenters. The standard InChI is InChI=1S/C16H17ClN2O3S/c17-13-4-3-12(20)6-11(13)7-19-9-16(22,10-19)8-18-15(21)14-2-1-5-23-14/h1-6,20,22H,7-10H2,(H,18,21). The SMILES string of the molecule is O=C(NCC1(O)CN(Cc2cc(O)ccc2Cl)C1)c1cccs1. The van der Waals surface area contributed by atoms with Crippen molar-refractivity contribution in [3.05, 3.63) is 51.2 Å². The Morgan fingerprint density at radius 1 is 1.39 bits per heavy atom. The van der Waals surface area contributed by atoms with Crippen LogP contribution < -0.4 is 5.32 Å². The van der Waals surface area contributed by atoms with Crippen LogP contribution in [0, 0.1) is 0 Å². The van der Waals surface area contributed by atoms with E-state index in [0.717, 1.165) is 5.56 Å². The summed E-state index contributed by atoms with van der Waals surface area (Å²) < 4.78 is 0. The molecule has 0 aliphatic carbocycles. The van der Waals surface area contributed by atoms with Crippen LogP contribution in [0.25, 0.3) is 0 Å². The molecule has 5 nitrogen and oxygen atoms in total. The van der Waals surface area contributed by atoms with Gasteiger partial charge in [0.15, 0.2) is 0 Å². The Morgan fingerprint density at radius 3 is 2.87 bits per heavy atom. The van der Waals surface area contributed by atoms with E-state index in [1.165, 1.54) is 11.3 Å². The number of nitrogens with one attached hydrogen (secondary N) is 1. The van der Waals surface area contributed by atoms with Gasteiger partial charge in [-0.15, -0.1) is 11.3 Å². The Labute approximate surface area is 143 Å². The van der Waals surface area contributed by atoms with Gasteiger partial charge in [-0.3, -0.25) is 9.69 Å². The normalized spacial score (nSPS) is 16.8. The Hall–Kier alpha value is -1.60. The van der Waals surface area contributed by atoms with Gasteiger partial charge < -0.3 is 15.5 Å². The number of likely N-dealkylation sites (tertiary alicyclic amines) is 1. The fraction of sp³-hybridized carbons (Fsp3) is 0.312. The van der Waals surface area contributed by atoms with Crippen molar-refractivity contribution in [2.24, 2.45) is 0 Å². The molecule has 7 heteroatoms. The van der Waals surface area contributed by atoms with Crippen molar-refractivity contribution in [3.8, 4) is 5.75 Å². The van der Waals surface area contributed by atoms with Crippen molar-refractivity contribution in [2.75, 3.05) is 19.6 Å². The largest absolute Gasteiger partial charge is 0.508 e. The van der Waals surface area contributed by atoms with E-state index in [4.69, 9.17) is 11.6 Å². The number of phenols is 1. The van der Waals surface area contributed by atoms with Crippen molar-refractivity contribution in [1.29, 1.82) is 0 Å². The number of nitrogens with zero attached hydrogens (tertiary/aromatic N) is 1.